The molecule has 0 fully saturated rings. The van der Waals surface area contributed by atoms with Gasteiger partial charge in [0.05, 0.1) is 6.61 Å². The first-order chi connectivity index (χ1) is 8.77. The van der Waals surface area contributed by atoms with Crippen molar-refractivity contribution in [3.05, 3.63) is 35.5 Å². The van der Waals surface area contributed by atoms with Gasteiger partial charge in [-0.15, -0.1) is 0 Å². The highest BCUT2D eigenvalue weighted by Crippen LogP contribution is 2.04. The summed E-state index contributed by atoms with van der Waals surface area (Å²) < 4.78 is 4.41. The molecule has 0 aromatic heterocycles. The fourth-order valence-corrected chi connectivity index (χ4v) is 0.916. The number of carbonyl (C=O) groups excluding carboxylic acids is 3. The Morgan fingerprint density at radius 3 is 1.89 bits per heavy atom. The third-order valence-corrected chi connectivity index (χ3v) is 1.64. The van der Waals surface area contributed by atoms with Crippen LogP contribution in [0.15, 0.2) is 35.5 Å². The summed E-state index contributed by atoms with van der Waals surface area (Å²) in [5.41, 5.74) is 0. The summed E-state index contributed by atoms with van der Waals surface area (Å²) in [5, 5.41) is 27.5. The van der Waals surface area contributed by atoms with Crippen molar-refractivity contribution in [1.29, 1.82) is 0 Å². The maximum absolute atomic E-state index is 11.3. The van der Waals surface area contributed by atoms with Gasteiger partial charge < -0.3 is 20.1 Å². The SMILES string of the molecule is CCOC(=O)/C(O)=C/C(=O)/C=C(O)/C(O)=C/C(C)=O. The molecule has 0 aliphatic carbocycles. The molecular weight excluding hydrogens is 256 g/mol. The summed E-state index contributed by atoms with van der Waals surface area (Å²) in [6.45, 7) is 2.68. The molecule has 0 aliphatic rings. The van der Waals surface area contributed by atoms with Gasteiger partial charge in [0, 0.05) is 18.2 Å². The number of rotatable bonds is 6. The molecule has 0 heterocycles. The van der Waals surface area contributed by atoms with E-state index in [1.165, 1.54) is 6.92 Å². The van der Waals surface area contributed by atoms with Gasteiger partial charge in [0.1, 0.15) is 0 Å². The van der Waals surface area contributed by atoms with Crippen LogP contribution in [0.5, 0.6) is 0 Å². The van der Waals surface area contributed by atoms with Crippen LogP contribution in [0, 0.1) is 0 Å². The summed E-state index contributed by atoms with van der Waals surface area (Å²) in [7, 11) is 0. The molecule has 0 atom stereocenters. The fourth-order valence-electron chi connectivity index (χ4n) is 0.916. The maximum Gasteiger partial charge on any atom is 0.373 e. The molecular formula is C12H14O7. The molecule has 19 heavy (non-hydrogen) atoms. The first kappa shape index (κ1) is 16.4. The van der Waals surface area contributed by atoms with E-state index in [0.29, 0.717) is 18.2 Å². The molecule has 0 aromatic rings. The highest BCUT2D eigenvalue weighted by Gasteiger charge is 2.11. The molecule has 0 amide bonds. The lowest BCUT2D eigenvalue weighted by Crippen LogP contribution is -2.08. The normalized spacial score (nSPS) is 13.1. The first-order valence-electron chi connectivity index (χ1n) is 5.22. The Hall–Kier alpha value is -2.57. The average molecular weight is 270 g/mol. The molecule has 0 spiro atoms. The van der Waals surface area contributed by atoms with Crippen molar-refractivity contribution in [3.8, 4) is 0 Å². The van der Waals surface area contributed by atoms with Crippen molar-refractivity contribution in [2.45, 2.75) is 13.8 Å². The van der Waals surface area contributed by atoms with E-state index in [0.717, 1.165) is 6.92 Å². The number of hydrogen-bond donors (Lipinski definition) is 3. The number of ether oxygens (including phenoxy) is 1. The van der Waals surface area contributed by atoms with E-state index >= 15 is 0 Å². The van der Waals surface area contributed by atoms with E-state index in [1.807, 2.05) is 0 Å². The molecule has 0 radical (unpaired) electrons. The van der Waals surface area contributed by atoms with Crippen molar-refractivity contribution in [3.63, 3.8) is 0 Å². The zero-order valence-electron chi connectivity index (χ0n) is 10.4. The van der Waals surface area contributed by atoms with Crippen molar-refractivity contribution in [2.24, 2.45) is 0 Å². The lowest BCUT2D eigenvalue weighted by Gasteiger charge is -1.99. The molecule has 104 valence electrons. The smallest absolute Gasteiger partial charge is 0.373 e. The molecule has 3 N–H and O–H groups in total. The second kappa shape index (κ2) is 7.70. The zero-order valence-corrected chi connectivity index (χ0v) is 10.4. The average Bonchev–Trinajstić information content (AvgIpc) is 2.27. The second-order valence-electron chi connectivity index (χ2n) is 3.32. The molecule has 0 bridgehead atoms. The lowest BCUT2D eigenvalue weighted by atomic mass is 10.2. The Bertz CT molecular complexity index is 468. The van der Waals surface area contributed by atoms with Crippen LogP contribution in [0.2, 0.25) is 0 Å². The van der Waals surface area contributed by atoms with E-state index in [-0.39, 0.29) is 6.61 Å². The van der Waals surface area contributed by atoms with E-state index in [9.17, 15) is 19.5 Å². The molecule has 0 rings (SSSR count). The summed E-state index contributed by atoms with van der Waals surface area (Å²) in [5.74, 6) is -5.20. The number of allylic oxidation sites excluding steroid dienone is 3. The Kier molecular flexibility index (Phi) is 6.66. The molecule has 0 unspecified atom stereocenters. The number of esters is 1. The van der Waals surface area contributed by atoms with Gasteiger partial charge in [-0.05, 0) is 13.8 Å². The van der Waals surface area contributed by atoms with Crippen molar-refractivity contribution in [2.75, 3.05) is 6.61 Å². The van der Waals surface area contributed by atoms with Crippen molar-refractivity contribution >= 4 is 17.5 Å². The van der Waals surface area contributed by atoms with Gasteiger partial charge in [0.25, 0.3) is 0 Å². The number of carbonyl (C=O) groups is 3. The molecule has 0 saturated heterocycles. The summed E-state index contributed by atoms with van der Waals surface area (Å²) >= 11 is 0. The predicted octanol–water partition coefficient (Wildman–Crippen LogP) is 1.03. The second-order valence-corrected chi connectivity index (χ2v) is 3.32. The fraction of sp³-hybridized carbons (Fsp3) is 0.250. The topological polar surface area (TPSA) is 121 Å². The van der Waals surface area contributed by atoms with Crippen LogP contribution in [-0.2, 0) is 19.1 Å². The third-order valence-electron chi connectivity index (χ3n) is 1.64. The zero-order chi connectivity index (χ0) is 15.0. The minimum atomic E-state index is -1.09. The molecule has 7 nitrogen and oxygen atoms in total. The quantitative estimate of drug-likeness (QED) is 0.285. The van der Waals surface area contributed by atoms with E-state index in [2.05, 4.69) is 4.74 Å². The lowest BCUT2D eigenvalue weighted by molar-refractivity contribution is -0.141. The van der Waals surface area contributed by atoms with Gasteiger partial charge in [0.2, 0.25) is 5.76 Å². The van der Waals surface area contributed by atoms with E-state index in [4.69, 9.17) is 10.2 Å². The van der Waals surface area contributed by atoms with Crippen molar-refractivity contribution in [1.82, 2.24) is 0 Å². The van der Waals surface area contributed by atoms with Crippen molar-refractivity contribution < 1.29 is 34.4 Å². The van der Waals surface area contributed by atoms with E-state index in [1.54, 1.807) is 0 Å². The summed E-state index contributed by atoms with van der Waals surface area (Å²) in [6, 6.07) is 0. The monoisotopic (exact) mass is 270 g/mol. The molecule has 0 aromatic carbocycles. The standard InChI is InChI=1S/C12H14O7/c1-3-19-12(18)11(17)6-8(14)5-10(16)9(15)4-7(2)13/h4-6,15-17H,3H2,1-2H3/b9-4-,10-5-,11-6-. The van der Waals surface area contributed by atoms with E-state index < -0.39 is 34.8 Å². The third kappa shape index (κ3) is 6.67. The molecule has 7 heteroatoms. The first-order valence-corrected chi connectivity index (χ1v) is 5.22. The van der Waals surface area contributed by atoms with Crippen LogP contribution in [0.4, 0.5) is 0 Å². The Labute approximate surface area is 109 Å². The minimum Gasteiger partial charge on any atom is -0.504 e. The molecule has 0 saturated carbocycles. The van der Waals surface area contributed by atoms with Gasteiger partial charge >= 0.3 is 5.97 Å². The van der Waals surface area contributed by atoms with Crippen LogP contribution in [-0.4, -0.2) is 39.5 Å². The molecule has 0 aliphatic heterocycles. The number of hydrogen-bond acceptors (Lipinski definition) is 7. The van der Waals surface area contributed by atoms with Gasteiger partial charge in [-0.1, -0.05) is 0 Å². The van der Waals surface area contributed by atoms with Crippen LogP contribution in [0.1, 0.15) is 13.8 Å². The number of aliphatic hydroxyl groups is 3. The minimum absolute atomic E-state index is 0.0220. The van der Waals surface area contributed by atoms with Gasteiger partial charge in [-0.25, -0.2) is 4.79 Å². The summed E-state index contributed by atoms with van der Waals surface area (Å²) in [4.78, 5) is 32.8. The van der Waals surface area contributed by atoms with Crippen LogP contribution in [0.25, 0.3) is 0 Å². The Morgan fingerprint density at radius 2 is 1.42 bits per heavy atom. The number of ketones is 2. The van der Waals surface area contributed by atoms with Crippen LogP contribution < -0.4 is 0 Å². The maximum atomic E-state index is 11.3. The Morgan fingerprint density at radius 1 is 0.947 bits per heavy atom. The highest BCUT2D eigenvalue weighted by atomic mass is 16.5. The number of aliphatic hydroxyl groups excluding tert-OH is 3. The van der Waals surface area contributed by atoms with Crippen LogP contribution in [0.3, 0.4) is 0 Å². The van der Waals surface area contributed by atoms with Crippen LogP contribution >= 0.6 is 0 Å². The van der Waals surface area contributed by atoms with Gasteiger partial charge in [0.15, 0.2) is 23.1 Å². The van der Waals surface area contributed by atoms with Gasteiger partial charge in [-0.2, -0.15) is 0 Å². The highest BCUT2D eigenvalue weighted by molar-refractivity contribution is 6.04. The predicted molar refractivity (Wildman–Crippen MR) is 64.5 cm³/mol. The largest absolute Gasteiger partial charge is 0.504 e. The summed E-state index contributed by atoms with van der Waals surface area (Å²) in [6.07, 6.45) is 1.74. The van der Waals surface area contributed by atoms with Gasteiger partial charge in [-0.3, -0.25) is 9.59 Å². The Balaban J connectivity index is 4.91.